The smallest absolute Gasteiger partial charge is 0.272 e. The lowest BCUT2D eigenvalue weighted by atomic mass is 10.4. The molecule has 3 rings (SSSR count). The van der Waals surface area contributed by atoms with Crippen LogP contribution in [0.15, 0.2) is 10.6 Å². The molecule has 8 nitrogen and oxygen atoms in total. The minimum atomic E-state index is -0.290. The Balaban J connectivity index is 1.65. The van der Waals surface area contributed by atoms with Crippen molar-refractivity contribution in [3.8, 4) is 5.88 Å². The molecule has 0 radical (unpaired) electrons. The molecule has 2 aromatic rings. The van der Waals surface area contributed by atoms with E-state index in [1.165, 1.54) is 0 Å². The number of aromatic nitrogens is 4. The average molecular weight is 263 g/mol. The molecule has 1 N–H and O–H groups in total. The van der Waals surface area contributed by atoms with Gasteiger partial charge in [-0.2, -0.15) is 10.1 Å². The first kappa shape index (κ1) is 11.7. The van der Waals surface area contributed by atoms with Crippen LogP contribution in [0, 0.1) is 6.92 Å². The van der Waals surface area contributed by atoms with Gasteiger partial charge >= 0.3 is 0 Å². The molecule has 1 aliphatic rings. The number of hydrogen-bond donors (Lipinski definition) is 1. The molecule has 0 saturated heterocycles. The Morgan fingerprint density at radius 1 is 1.58 bits per heavy atom. The predicted octanol–water partition coefficient (Wildman–Crippen LogP) is 0.287. The highest BCUT2D eigenvalue weighted by Gasteiger charge is 2.18. The third-order valence-corrected chi connectivity index (χ3v) is 2.71. The maximum atomic E-state index is 11.9. The summed E-state index contributed by atoms with van der Waals surface area (Å²) in [5.74, 6) is 1.24. The minimum Gasteiger partial charge on any atom is -0.478 e. The Hall–Kier alpha value is -2.38. The van der Waals surface area contributed by atoms with Gasteiger partial charge in [0.25, 0.3) is 5.91 Å². The van der Waals surface area contributed by atoms with E-state index in [-0.39, 0.29) is 12.5 Å². The first-order valence-corrected chi connectivity index (χ1v) is 6.00. The van der Waals surface area contributed by atoms with Crippen molar-refractivity contribution in [3.05, 3.63) is 23.5 Å². The summed E-state index contributed by atoms with van der Waals surface area (Å²) < 4.78 is 12.0. The molecule has 0 saturated carbocycles. The van der Waals surface area contributed by atoms with E-state index < -0.39 is 0 Å². The Labute approximate surface area is 108 Å². The van der Waals surface area contributed by atoms with Gasteiger partial charge in [-0.1, -0.05) is 5.16 Å². The maximum absolute atomic E-state index is 11.9. The Morgan fingerprint density at radius 3 is 3.21 bits per heavy atom. The average Bonchev–Trinajstić information content (AvgIpc) is 3.01. The van der Waals surface area contributed by atoms with Crippen molar-refractivity contribution in [2.75, 3.05) is 6.61 Å². The molecule has 0 atom stereocenters. The summed E-state index contributed by atoms with van der Waals surface area (Å²) in [4.78, 5) is 15.9. The second-order valence-electron chi connectivity index (χ2n) is 4.21. The molecule has 3 heterocycles. The summed E-state index contributed by atoms with van der Waals surface area (Å²) in [6.45, 7) is 3.33. The van der Waals surface area contributed by atoms with E-state index in [0.717, 1.165) is 13.0 Å². The first-order valence-electron chi connectivity index (χ1n) is 6.00. The molecule has 100 valence electrons. The van der Waals surface area contributed by atoms with Gasteiger partial charge in [-0.3, -0.25) is 4.79 Å². The third-order valence-electron chi connectivity index (χ3n) is 2.71. The summed E-state index contributed by atoms with van der Waals surface area (Å²) >= 11 is 0. The van der Waals surface area contributed by atoms with Crippen molar-refractivity contribution in [2.45, 2.75) is 26.4 Å². The number of rotatable bonds is 3. The fourth-order valence-corrected chi connectivity index (χ4v) is 1.84. The zero-order valence-electron chi connectivity index (χ0n) is 10.4. The number of nitrogens with one attached hydrogen (secondary N) is 1. The van der Waals surface area contributed by atoms with E-state index in [1.807, 2.05) is 0 Å². The van der Waals surface area contributed by atoms with Crippen LogP contribution in [0.1, 0.15) is 28.6 Å². The summed E-state index contributed by atoms with van der Waals surface area (Å²) in [6, 6.07) is 1.63. The third kappa shape index (κ3) is 2.42. The second kappa shape index (κ2) is 4.71. The quantitative estimate of drug-likeness (QED) is 0.855. The monoisotopic (exact) mass is 263 g/mol. The number of aryl methyl sites for hydroxylation is 2. The van der Waals surface area contributed by atoms with E-state index in [4.69, 9.17) is 9.26 Å². The standard InChI is InChI=1S/C11H13N5O3/c1-7-13-9(19-15-7)6-12-11(17)8-5-10-16(14-8)3-2-4-18-10/h5H,2-4,6H2,1H3,(H,12,17). The Kier molecular flexibility index (Phi) is 2.90. The van der Waals surface area contributed by atoms with E-state index in [0.29, 0.717) is 29.9 Å². The molecule has 8 heteroatoms. The summed E-state index contributed by atoms with van der Waals surface area (Å²) in [5, 5.41) is 10.5. The van der Waals surface area contributed by atoms with Gasteiger partial charge in [-0.05, 0) is 6.92 Å². The molecule has 19 heavy (non-hydrogen) atoms. The summed E-state index contributed by atoms with van der Waals surface area (Å²) in [5.41, 5.74) is 0.327. The van der Waals surface area contributed by atoms with Gasteiger partial charge in [-0.25, -0.2) is 4.68 Å². The molecule has 0 spiro atoms. The lowest BCUT2D eigenvalue weighted by molar-refractivity contribution is 0.0940. The van der Waals surface area contributed by atoms with Crippen LogP contribution < -0.4 is 10.1 Å². The number of hydrogen-bond acceptors (Lipinski definition) is 6. The van der Waals surface area contributed by atoms with Crippen molar-refractivity contribution < 1.29 is 14.1 Å². The van der Waals surface area contributed by atoms with Crippen LogP contribution in [0.25, 0.3) is 0 Å². The van der Waals surface area contributed by atoms with Crippen molar-refractivity contribution in [1.82, 2.24) is 25.2 Å². The zero-order valence-corrected chi connectivity index (χ0v) is 10.4. The molecule has 0 unspecified atom stereocenters. The van der Waals surface area contributed by atoms with Gasteiger partial charge in [0.1, 0.15) is 0 Å². The molecule has 1 aliphatic heterocycles. The van der Waals surface area contributed by atoms with Gasteiger partial charge in [0.05, 0.1) is 13.2 Å². The SMILES string of the molecule is Cc1noc(CNC(=O)c2cc3n(n2)CCCO3)n1. The number of carbonyl (C=O) groups is 1. The minimum absolute atomic E-state index is 0.183. The van der Waals surface area contributed by atoms with Crippen molar-refractivity contribution >= 4 is 5.91 Å². The molecular weight excluding hydrogens is 250 g/mol. The van der Waals surface area contributed by atoms with Crippen LogP contribution in [-0.4, -0.2) is 32.4 Å². The van der Waals surface area contributed by atoms with Gasteiger partial charge in [0.2, 0.25) is 11.8 Å². The van der Waals surface area contributed by atoms with Gasteiger partial charge in [0.15, 0.2) is 11.5 Å². The number of amides is 1. The van der Waals surface area contributed by atoms with Crippen LogP contribution >= 0.6 is 0 Å². The predicted molar refractivity (Wildman–Crippen MR) is 62.5 cm³/mol. The zero-order chi connectivity index (χ0) is 13.2. The summed E-state index contributed by atoms with van der Waals surface area (Å²) in [7, 11) is 0. The highest BCUT2D eigenvalue weighted by Crippen LogP contribution is 2.18. The van der Waals surface area contributed by atoms with Crippen LogP contribution in [0.4, 0.5) is 0 Å². The number of ether oxygens (including phenoxy) is 1. The van der Waals surface area contributed by atoms with E-state index in [9.17, 15) is 4.79 Å². The molecular formula is C11H13N5O3. The first-order chi connectivity index (χ1) is 9.22. The highest BCUT2D eigenvalue weighted by atomic mass is 16.5. The molecule has 0 fully saturated rings. The molecule has 2 aromatic heterocycles. The number of fused-ring (bicyclic) bond motifs is 1. The van der Waals surface area contributed by atoms with Crippen molar-refractivity contribution in [3.63, 3.8) is 0 Å². The largest absolute Gasteiger partial charge is 0.478 e. The van der Waals surface area contributed by atoms with Gasteiger partial charge < -0.3 is 14.6 Å². The van der Waals surface area contributed by atoms with Gasteiger partial charge in [0, 0.05) is 19.0 Å². The van der Waals surface area contributed by atoms with Crippen molar-refractivity contribution in [2.24, 2.45) is 0 Å². The maximum Gasteiger partial charge on any atom is 0.272 e. The number of carbonyl (C=O) groups excluding carboxylic acids is 1. The van der Waals surface area contributed by atoms with Crippen LogP contribution in [0.5, 0.6) is 5.88 Å². The summed E-state index contributed by atoms with van der Waals surface area (Å²) in [6.07, 6.45) is 0.900. The molecule has 0 aliphatic carbocycles. The normalized spacial score (nSPS) is 13.7. The van der Waals surface area contributed by atoms with E-state index in [2.05, 4.69) is 20.6 Å². The second-order valence-corrected chi connectivity index (χ2v) is 4.21. The lowest BCUT2D eigenvalue weighted by Gasteiger charge is -2.13. The van der Waals surface area contributed by atoms with E-state index in [1.54, 1.807) is 17.7 Å². The van der Waals surface area contributed by atoms with E-state index >= 15 is 0 Å². The highest BCUT2D eigenvalue weighted by molar-refractivity contribution is 5.92. The van der Waals surface area contributed by atoms with Crippen LogP contribution in [0.2, 0.25) is 0 Å². The topological polar surface area (TPSA) is 95.1 Å². The Bertz CT molecular complexity index is 580. The fourth-order valence-electron chi connectivity index (χ4n) is 1.84. The molecule has 1 amide bonds. The molecule has 0 bridgehead atoms. The van der Waals surface area contributed by atoms with Crippen molar-refractivity contribution in [1.29, 1.82) is 0 Å². The Morgan fingerprint density at radius 2 is 2.47 bits per heavy atom. The van der Waals surface area contributed by atoms with Gasteiger partial charge in [-0.15, -0.1) is 0 Å². The van der Waals surface area contributed by atoms with Crippen LogP contribution in [-0.2, 0) is 13.1 Å². The number of nitrogens with zero attached hydrogens (tertiary/aromatic N) is 4. The molecule has 0 aromatic carbocycles. The fraction of sp³-hybridized carbons (Fsp3) is 0.455. The lowest BCUT2D eigenvalue weighted by Crippen LogP contribution is -2.23. The van der Waals surface area contributed by atoms with Crippen LogP contribution in [0.3, 0.4) is 0 Å².